The fourth-order valence-electron chi connectivity index (χ4n) is 3.80. The Hall–Kier alpha value is -3.12. The molecule has 6 nitrogen and oxygen atoms in total. The summed E-state index contributed by atoms with van der Waals surface area (Å²) in [6.07, 6.45) is 0.590. The molecule has 1 N–H and O–H groups in total. The highest BCUT2D eigenvalue weighted by molar-refractivity contribution is 6.46. The number of benzene rings is 2. The minimum atomic E-state index is -0.677. The number of rotatable bonds is 8. The van der Waals surface area contributed by atoms with Crippen molar-refractivity contribution in [2.45, 2.75) is 32.2 Å². The molecule has 0 saturated carbocycles. The third-order valence-corrected chi connectivity index (χ3v) is 5.57. The second-order valence-corrected chi connectivity index (χ2v) is 7.89. The zero-order valence-corrected chi connectivity index (χ0v) is 18.4. The van der Waals surface area contributed by atoms with E-state index in [9.17, 15) is 14.7 Å². The minimum Gasteiger partial charge on any atom is -0.507 e. The van der Waals surface area contributed by atoms with Crippen LogP contribution < -0.4 is 4.74 Å². The molecule has 0 aromatic heterocycles. The number of likely N-dealkylation sites (tertiary alicyclic amines) is 1. The van der Waals surface area contributed by atoms with Crippen LogP contribution in [0, 0.1) is 0 Å². The van der Waals surface area contributed by atoms with E-state index in [-0.39, 0.29) is 11.3 Å². The lowest BCUT2D eigenvalue weighted by atomic mass is 9.93. The number of carbonyl (C=O) groups excluding carboxylic acids is 2. The molecule has 3 rings (SSSR count). The van der Waals surface area contributed by atoms with Crippen molar-refractivity contribution in [3.63, 3.8) is 0 Å². The fourth-order valence-corrected chi connectivity index (χ4v) is 3.80. The summed E-state index contributed by atoms with van der Waals surface area (Å²) in [4.78, 5) is 27.4. The number of ketones is 1. The summed E-state index contributed by atoms with van der Waals surface area (Å²) in [6.45, 7) is 5.04. The Morgan fingerprint density at radius 1 is 1.03 bits per heavy atom. The summed E-state index contributed by atoms with van der Waals surface area (Å²) in [5.74, 6) is -0.472. The van der Waals surface area contributed by atoms with Crippen LogP contribution in [0.15, 0.2) is 54.1 Å². The van der Waals surface area contributed by atoms with Crippen molar-refractivity contribution in [3.8, 4) is 5.75 Å². The first-order valence-electron chi connectivity index (χ1n) is 10.4. The second-order valence-electron chi connectivity index (χ2n) is 7.89. The zero-order chi connectivity index (χ0) is 22.5. The molecule has 2 aromatic carbocycles. The van der Waals surface area contributed by atoms with Crippen molar-refractivity contribution in [2.24, 2.45) is 0 Å². The number of Topliss-reactive ketones (excluding diaryl/α,β-unsaturated/α-hetero) is 1. The van der Waals surface area contributed by atoms with Gasteiger partial charge in [-0.15, -0.1) is 0 Å². The van der Waals surface area contributed by atoms with Crippen molar-refractivity contribution < 1.29 is 24.2 Å². The third-order valence-electron chi connectivity index (χ3n) is 5.57. The molecule has 6 heteroatoms. The molecular formula is C25H29NO5. The van der Waals surface area contributed by atoms with E-state index >= 15 is 0 Å². The quantitative estimate of drug-likeness (QED) is 0.297. The van der Waals surface area contributed by atoms with E-state index in [0.717, 1.165) is 11.1 Å². The molecule has 0 spiro atoms. The average Bonchev–Trinajstić information content (AvgIpc) is 3.04. The molecule has 1 aliphatic rings. The summed E-state index contributed by atoms with van der Waals surface area (Å²) in [6, 6.07) is 14.0. The predicted octanol–water partition coefficient (Wildman–Crippen LogP) is 4.28. The highest BCUT2D eigenvalue weighted by atomic mass is 16.5. The van der Waals surface area contributed by atoms with Gasteiger partial charge in [-0.05, 0) is 47.7 Å². The van der Waals surface area contributed by atoms with E-state index < -0.39 is 17.7 Å². The van der Waals surface area contributed by atoms with Gasteiger partial charge in [-0.3, -0.25) is 9.59 Å². The van der Waals surface area contributed by atoms with Crippen LogP contribution in [0.25, 0.3) is 5.76 Å². The van der Waals surface area contributed by atoms with Crippen molar-refractivity contribution in [1.82, 2.24) is 4.90 Å². The maximum absolute atomic E-state index is 13.0. The summed E-state index contributed by atoms with van der Waals surface area (Å²) in [5.41, 5.74) is 2.51. The van der Waals surface area contributed by atoms with E-state index in [2.05, 4.69) is 13.8 Å². The van der Waals surface area contributed by atoms with Crippen LogP contribution in [0.2, 0.25) is 0 Å². The van der Waals surface area contributed by atoms with Gasteiger partial charge < -0.3 is 19.5 Å². The first-order chi connectivity index (χ1) is 14.9. The Morgan fingerprint density at radius 2 is 1.68 bits per heavy atom. The number of hydrogen-bond donors (Lipinski definition) is 1. The third kappa shape index (κ3) is 4.64. The monoisotopic (exact) mass is 423 g/mol. The molecule has 31 heavy (non-hydrogen) atoms. The maximum atomic E-state index is 13.0. The maximum Gasteiger partial charge on any atom is 0.295 e. The standard InChI is InChI=1S/C25H29NO5/c1-16(2)17-6-8-18(9-7-17)22-21(23(27)19-10-12-20(31-4)13-11-19)24(28)25(29)26(22)14-5-15-30-3/h6-13,16,22,27H,5,14-15H2,1-4H3/b23-21+/t22-/m1/s1. The van der Waals surface area contributed by atoms with Crippen LogP contribution >= 0.6 is 0 Å². The number of ether oxygens (including phenoxy) is 2. The van der Waals surface area contributed by atoms with Crippen LogP contribution in [0.5, 0.6) is 5.75 Å². The van der Waals surface area contributed by atoms with Gasteiger partial charge in [0.2, 0.25) is 0 Å². The van der Waals surface area contributed by atoms with Crippen LogP contribution in [0.3, 0.4) is 0 Å². The number of nitrogens with zero attached hydrogens (tertiary/aromatic N) is 1. The van der Waals surface area contributed by atoms with Gasteiger partial charge in [0.25, 0.3) is 11.7 Å². The number of carbonyl (C=O) groups is 2. The number of hydrogen-bond acceptors (Lipinski definition) is 5. The Balaban J connectivity index is 2.09. The summed E-state index contributed by atoms with van der Waals surface area (Å²) in [7, 11) is 3.15. The topological polar surface area (TPSA) is 76.1 Å². The van der Waals surface area contributed by atoms with Gasteiger partial charge in [-0.1, -0.05) is 38.1 Å². The van der Waals surface area contributed by atoms with Gasteiger partial charge in [0.05, 0.1) is 18.7 Å². The van der Waals surface area contributed by atoms with Crippen LogP contribution in [0.1, 0.15) is 48.9 Å². The van der Waals surface area contributed by atoms with Crippen molar-refractivity contribution in [3.05, 3.63) is 70.8 Å². The molecule has 1 saturated heterocycles. The Labute approximate surface area is 183 Å². The Morgan fingerprint density at radius 3 is 2.23 bits per heavy atom. The van der Waals surface area contributed by atoms with Crippen molar-refractivity contribution in [2.75, 3.05) is 27.4 Å². The molecule has 1 fully saturated rings. The molecule has 0 aliphatic carbocycles. The summed E-state index contributed by atoms with van der Waals surface area (Å²) < 4.78 is 10.3. The lowest BCUT2D eigenvalue weighted by Gasteiger charge is -2.25. The molecule has 1 aliphatic heterocycles. The highest BCUT2D eigenvalue weighted by Gasteiger charge is 2.45. The van der Waals surface area contributed by atoms with Gasteiger partial charge in [0, 0.05) is 25.8 Å². The van der Waals surface area contributed by atoms with Crippen molar-refractivity contribution in [1.29, 1.82) is 0 Å². The van der Waals surface area contributed by atoms with Gasteiger partial charge in [-0.25, -0.2) is 0 Å². The van der Waals surface area contributed by atoms with Crippen LogP contribution in [-0.4, -0.2) is 49.1 Å². The molecule has 1 heterocycles. The van der Waals surface area contributed by atoms with Gasteiger partial charge in [0.1, 0.15) is 11.5 Å². The van der Waals surface area contributed by atoms with E-state index in [0.29, 0.717) is 36.8 Å². The van der Waals surface area contributed by atoms with Crippen molar-refractivity contribution >= 4 is 17.4 Å². The van der Waals surface area contributed by atoms with E-state index in [4.69, 9.17) is 9.47 Å². The lowest BCUT2D eigenvalue weighted by molar-refractivity contribution is -0.140. The molecule has 1 atom stereocenters. The van der Waals surface area contributed by atoms with Crippen LogP contribution in [-0.2, 0) is 14.3 Å². The first kappa shape index (κ1) is 22.6. The SMILES string of the molecule is COCCCN1C(=O)C(=O)/C(=C(/O)c2ccc(OC)cc2)[C@H]1c1ccc(C(C)C)cc1. The van der Waals surface area contributed by atoms with Gasteiger partial charge in [-0.2, -0.15) is 0 Å². The molecule has 0 unspecified atom stereocenters. The Kier molecular flexibility index (Phi) is 7.13. The van der Waals surface area contributed by atoms with Crippen LogP contribution in [0.4, 0.5) is 0 Å². The smallest absolute Gasteiger partial charge is 0.295 e. The van der Waals surface area contributed by atoms with Gasteiger partial charge >= 0.3 is 0 Å². The number of aliphatic hydroxyl groups excluding tert-OH is 1. The summed E-state index contributed by atoms with van der Waals surface area (Å²) >= 11 is 0. The van der Waals surface area contributed by atoms with E-state index in [1.807, 2.05) is 24.3 Å². The minimum absolute atomic E-state index is 0.102. The zero-order valence-electron chi connectivity index (χ0n) is 18.4. The molecule has 1 amide bonds. The van der Waals surface area contributed by atoms with E-state index in [1.165, 1.54) is 4.90 Å². The molecule has 0 bridgehead atoms. The molecule has 0 radical (unpaired) electrons. The predicted molar refractivity (Wildman–Crippen MR) is 119 cm³/mol. The van der Waals surface area contributed by atoms with E-state index in [1.54, 1.807) is 38.5 Å². The average molecular weight is 424 g/mol. The highest BCUT2D eigenvalue weighted by Crippen LogP contribution is 2.40. The molecular weight excluding hydrogens is 394 g/mol. The number of amides is 1. The molecule has 2 aromatic rings. The lowest BCUT2D eigenvalue weighted by Crippen LogP contribution is -2.31. The number of aliphatic hydroxyl groups is 1. The second kappa shape index (κ2) is 9.79. The normalized spacial score (nSPS) is 18.1. The largest absolute Gasteiger partial charge is 0.507 e. The first-order valence-corrected chi connectivity index (χ1v) is 10.4. The molecule has 164 valence electrons. The Bertz CT molecular complexity index is 960. The summed E-state index contributed by atoms with van der Waals surface area (Å²) in [5, 5.41) is 11.1. The number of methoxy groups -OCH3 is 2. The fraction of sp³-hybridized carbons (Fsp3) is 0.360. The van der Waals surface area contributed by atoms with Gasteiger partial charge in [0.15, 0.2) is 0 Å².